The van der Waals surface area contributed by atoms with Crippen LogP contribution in [0, 0.1) is 5.92 Å². The van der Waals surface area contributed by atoms with Crippen LogP contribution in [-0.2, 0) is 0 Å². The van der Waals surface area contributed by atoms with E-state index in [0.717, 1.165) is 31.7 Å². The Kier molecular flexibility index (Phi) is 4.27. The minimum Gasteiger partial charge on any atom is -0.507 e. The lowest BCUT2D eigenvalue weighted by atomic mass is 9.75. The van der Waals surface area contributed by atoms with Crippen LogP contribution in [0.5, 0.6) is 11.5 Å². The van der Waals surface area contributed by atoms with Gasteiger partial charge < -0.3 is 14.7 Å². The van der Waals surface area contributed by atoms with Crippen LogP contribution in [-0.4, -0.2) is 59.6 Å². The SMILES string of the molecule is COc1cccc([C@H]2CN(C(=O)c3ccccc3O)[C@@H]3C4CCN(CC4)[C@H]23)c1. The van der Waals surface area contributed by atoms with Gasteiger partial charge in [-0.05, 0) is 61.7 Å². The van der Waals surface area contributed by atoms with Crippen molar-refractivity contribution in [3.63, 3.8) is 0 Å². The first kappa shape index (κ1) is 17.6. The van der Waals surface area contributed by atoms with Crippen molar-refractivity contribution in [3.05, 3.63) is 59.7 Å². The highest BCUT2D eigenvalue weighted by atomic mass is 16.5. The van der Waals surface area contributed by atoms with Crippen LogP contribution < -0.4 is 4.74 Å². The summed E-state index contributed by atoms with van der Waals surface area (Å²) in [5.74, 6) is 1.68. The lowest BCUT2D eigenvalue weighted by molar-refractivity contribution is -0.00349. The predicted molar refractivity (Wildman–Crippen MR) is 107 cm³/mol. The number of rotatable bonds is 3. The highest BCUT2D eigenvalue weighted by Gasteiger charge is 2.54. The number of aromatic hydroxyl groups is 1. The van der Waals surface area contributed by atoms with Crippen molar-refractivity contribution < 1.29 is 14.6 Å². The van der Waals surface area contributed by atoms with Gasteiger partial charge in [0.25, 0.3) is 5.91 Å². The molecule has 0 aliphatic carbocycles. The van der Waals surface area contributed by atoms with E-state index in [9.17, 15) is 9.90 Å². The number of carbonyl (C=O) groups is 1. The molecule has 4 aliphatic rings. The number of hydrogen-bond donors (Lipinski definition) is 1. The Bertz CT molecular complexity index is 891. The smallest absolute Gasteiger partial charge is 0.257 e. The van der Waals surface area contributed by atoms with Crippen molar-refractivity contribution in [2.45, 2.75) is 30.8 Å². The summed E-state index contributed by atoms with van der Waals surface area (Å²) in [5, 5.41) is 10.2. The topological polar surface area (TPSA) is 53.0 Å². The minimum atomic E-state index is -0.0488. The van der Waals surface area contributed by atoms with Gasteiger partial charge in [0.05, 0.1) is 18.7 Å². The van der Waals surface area contributed by atoms with Crippen molar-refractivity contribution in [2.75, 3.05) is 26.7 Å². The first-order chi connectivity index (χ1) is 13.7. The number of phenols is 1. The molecule has 0 saturated carbocycles. The molecule has 2 bridgehead atoms. The summed E-state index contributed by atoms with van der Waals surface area (Å²) in [6, 6.07) is 15.7. The van der Waals surface area contributed by atoms with Gasteiger partial charge in [0.15, 0.2) is 0 Å². The summed E-state index contributed by atoms with van der Waals surface area (Å²) in [6.07, 6.45) is 2.30. The van der Waals surface area contributed by atoms with Crippen molar-refractivity contribution in [1.29, 1.82) is 0 Å². The van der Waals surface area contributed by atoms with Gasteiger partial charge in [0.2, 0.25) is 0 Å². The Morgan fingerprint density at radius 2 is 1.86 bits per heavy atom. The fourth-order valence-electron chi connectivity index (χ4n) is 5.63. The predicted octanol–water partition coefficient (Wildman–Crippen LogP) is 3.10. The molecule has 2 aromatic rings. The molecule has 0 radical (unpaired) electrons. The molecule has 5 nitrogen and oxygen atoms in total. The van der Waals surface area contributed by atoms with E-state index in [0.29, 0.717) is 24.1 Å². The first-order valence-corrected chi connectivity index (χ1v) is 10.1. The highest BCUT2D eigenvalue weighted by molar-refractivity contribution is 5.97. The van der Waals surface area contributed by atoms with Crippen LogP contribution in [0.4, 0.5) is 0 Å². The van der Waals surface area contributed by atoms with Crippen LogP contribution in [0.1, 0.15) is 34.7 Å². The van der Waals surface area contributed by atoms with E-state index < -0.39 is 0 Å². The number of methoxy groups -OCH3 is 1. The Morgan fingerprint density at radius 3 is 2.61 bits per heavy atom. The molecule has 6 rings (SSSR count). The van der Waals surface area contributed by atoms with E-state index in [1.807, 2.05) is 23.1 Å². The van der Waals surface area contributed by atoms with Crippen molar-refractivity contribution in [2.24, 2.45) is 5.92 Å². The molecule has 4 aliphatic heterocycles. The number of nitrogens with zero attached hydrogens (tertiary/aromatic N) is 2. The molecule has 2 aromatic carbocycles. The number of para-hydroxylation sites is 1. The van der Waals surface area contributed by atoms with Crippen LogP contribution in [0.15, 0.2) is 48.5 Å². The molecule has 3 atom stereocenters. The maximum atomic E-state index is 13.4. The molecule has 0 aromatic heterocycles. The van der Waals surface area contributed by atoms with Gasteiger partial charge in [0, 0.05) is 18.5 Å². The summed E-state index contributed by atoms with van der Waals surface area (Å²) < 4.78 is 5.44. The molecule has 146 valence electrons. The van der Waals surface area contributed by atoms with Crippen LogP contribution in [0.3, 0.4) is 0 Å². The molecule has 4 fully saturated rings. The Morgan fingerprint density at radius 1 is 1.07 bits per heavy atom. The summed E-state index contributed by atoms with van der Waals surface area (Å²) in [4.78, 5) is 18.0. The molecular weight excluding hydrogens is 352 g/mol. The summed E-state index contributed by atoms with van der Waals surface area (Å²) >= 11 is 0. The van der Waals surface area contributed by atoms with Gasteiger partial charge >= 0.3 is 0 Å². The van der Waals surface area contributed by atoms with E-state index in [4.69, 9.17) is 4.74 Å². The number of fused-ring (bicyclic) bond motifs is 2. The average Bonchev–Trinajstić information content (AvgIpc) is 3.17. The van der Waals surface area contributed by atoms with Gasteiger partial charge in [-0.2, -0.15) is 0 Å². The third kappa shape index (κ3) is 2.68. The fraction of sp³-hybridized carbons (Fsp3) is 0.435. The quantitative estimate of drug-likeness (QED) is 0.892. The van der Waals surface area contributed by atoms with Crippen molar-refractivity contribution in [1.82, 2.24) is 9.80 Å². The number of piperidine rings is 3. The zero-order valence-electron chi connectivity index (χ0n) is 16.1. The first-order valence-electron chi connectivity index (χ1n) is 10.1. The third-order valence-corrected chi connectivity index (χ3v) is 6.91. The van der Waals surface area contributed by atoms with Gasteiger partial charge in [-0.1, -0.05) is 24.3 Å². The Hall–Kier alpha value is -2.53. The Balaban J connectivity index is 1.54. The zero-order valence-corrected chi connectivity index (χ0v) is 16.1. The second kappa shape index (κ2) is 6.82. The molecule has 4 saturated heterocycles. The second-order valence-electron chi connectivity index (χ2n) is 8.21. The van der Waals surface area contributed by atoms with Crippen LogP contribution in [0.2, 0.25) is 0 Å². The number of ether oxygens (including phenoxy) is 1. The van der Waals surface area contributed by atoms with Crippen LogP contribution >= 0.6 is 0 Å². The normalized spacial score (nSPS) is 30.9. The number of hydrogen-bond acceptors (Lipinski definition) is 4. The number of benzene rings is 2. The average molecular weight is 378 g/mol. The minimum absolute atomic E-state index is 0.0488. The van der Waals surface area contributed by atoms with E-state index in [2.05, 4.69) is 17.0 Å². The molecular formula is C23H26N2O3. The summed E-state index contributed by atoms with van der Waals surface area (Å²) in [5.41, 5.74) is 1.64. The molecule has 1 amide bonds. The van der Waals surface area contributed by atoms with Gasteiger partial charge in [-0.15, -0.1) is 0 Å². The van der Waals surface area contributed by atoms with E-state index in [-0.39, 0.29) is 23.6 Å². The maximum absolute atomic E-state index is 13.4. The van der Waals surface area contributed by atoms with Crippen molar-refractivity contribution in [3.8, 4) is 11.5 Å². The van der Waals surface area contributed by atoms with E-state index in [1.165, 1.54) is 5.56 Å². The maximum Gasteiger partial charge on any atom is 0.257 e. The summed E-state index contributed by atoms with van der Waals surface area (Å²) in [7, 11) is 1.69. The molecule has 4 heterocycles. The van der Waals surface area contributed by atoms with Crippen molar-refractivity contribution >= 4 is 5.91 Å². The lowest BCUT2D eigenvalue weighted by Gasteiger charge is -2.51. The van der Waals surface area contributed by atoms with E-state index in [1.54, 1.807) is 25.3 Å². The fourth-order valence-corrected chi connectivity index (χ4v) is 5.63. The third-order valence-electron chi connectivity index (χ3n) is 6.91. The van der Waals surface area contributed by atoms with Gasteiger partial charge in [0.1, 0.15) is 11.5 Å². The lowest BCUT2D eigenvalue weighted by Crippen LogP contribution is -2.60. The Labute approximate surface area is 165 Å². The number of carbonyl (C=O) groups excluding carboxylic acids is 1. The second-order valence-corrected chi connectivity index (χ2v) is 8.21. The van der Waals surface area contributed by atoms with Gasteiger partial charge in [-0.3, -0.25) is 9.69 Å². The molecule has 0 unspecified atom stereocenters. The zero-order chi connectivity index (χ0) is 19.3. The molecule has 28 heavy (non-hydrogen) atoms. The molecule has 0 spiro atoms. The number of likely N-dealkylation sites (tertiary alicyclic amines) is 1. The summed E-state index contributed by atoms with van der Waals surface area (Å²) in [6.45, 7) is 2.92. The highest BCUT2D eigenvalue weighted by Crippen LogP contribution is 2.47. The van der Waals surface area contributed by atoms with Gasteiger partial charge in [-0.25, -0.2) is 0 Å². The van der Waals surface area contributed by atoms with E-state index >= 15 is 0 Å². The van der Waals surface area contributed by atoms with Crippen LogP contribution in [0.25, 0.3) is 0 Å². The monoisotopic (exact) mass is 378 g/mol. The molecule has 1 N–H and O–H groups in total. The largest absolute Gasteiger partial charge is 0.507 e. The molecule has 5 heteroatoms. The standard InChI is InChI=1S/C23H26N2O3/c1-28-17-6-4-5-16(13-17)19-14-25(23(27)18-7-2-3-8-20(18)26)21-15-9-11-24(12-10-15)22(19)21/h2-8,13,15,19,21-22,26H,9-12,14H2,1H3/t19-,21-,22-/m1/s1. The number of phenolic OH excluding ortho intramolecular Hbond substituents is 1. The number of amides is 1.